The van der Waals surface area contributed by atoms with Crippen LogP contribution in [0.25, 0.3) is 0 Å². The molecule has 2 heterocycles. The fourth-order valence-electron chi connectivity index (χ4n) is 3.60. The Balaban J connectivity index is 1.77. The first-order valence-corrected chi connectivity index (χ1v) is 9.65. The lowest BCUT2D eigenvalue weighted by molar-refractivity contribution is 0.0698. The molecular weight excluding hydrogens is 326 g/mol. The van der Waals surface area contributed by atoms with Gasteiger partial charge in [0.2, 0.25) is 0 Å². The fraction of sp³-hybridized carbons (Fsp3) is 0.524. The van der Waals surface area contributed by atoms with Crippen LogP contribution in [0.3, 0.4) is 0 Å². The van der Waals surface area contributed by atoms with Crippen molar-refractivity contribution in [1.82, 2.24) is 14.5 Å². The van der Waals surface area contributed by atoms with Crippen molar-refractivity contribution in [2.75, 3.05) is 19.7 Å². The standard InChI is InChI=1S/C21H29N3O2/c1-4-14-26-19-10-6-5-9-18(19)21(25)23-12-7-8-17(15-23)20-22-11-13-24(20)16(2)3/h5-6,9-11,13,16-17H,4,7-8,12,14-15H2,1-3H3. The molecule has 1 aliphatic rings. The topological polar surface area (TPSA) is 47.4 Å². The van der Waals surface area contributed by atoms with E-state index >= 15 is 0 Å². The van der Waals surface area contributed by atoms with Gasteiger partial charge in [0, 0.05) is 37.4 Å². The third-order valence-electron chi connectivity index (χ3n) is 4.91. The van der Waals surface area contributed by atoms with Crippen molar-refractivity contribution in [2.24, 2.45) is 0 Å². The average Bonchev–Trinajstić information content (AvgIpc) is 3.16. The number of amides is 1. The highest BCUT2D eigenvalue weighted by Crippen LogP contribution is 2.29. The van der Waals surface area contributed by atoms with Gasteiger partial charge in [0.05, 0.1) is 12.2 Å². The van der Waals surface area contributed by atoms with Gasteiger partial charge in [-0.15, -0.1) is 0 Å². The second kappa shape index (κ2) is 8.39. The molecule has 140 valence electrons. The lowest BCUT2D eigenvalue weighted by Gasteiger charge is -2.33. The first-order chi connectivity index (χ1) is 12.6. The zero-order valence-electron chi connectivity index (χ0n) is 16.0. The number of rotatable bonds is 6. The van der Waals surface area contributed by atoms with Gasteiger partial charge in [-0.05, 0) is 45.2 Å². The van der Waals surface area contributed by atoms with Crippen LogP contribution in [0.5, 0.6) is 5.75 Å². The molecule has 1 aliphatic heterocycles. The summed E-state index contributed by atoms with van der Waals surface area (Å²) in [6.07, 6.45) is 6.89. The minimum Gasteiger partial charge on any atom is -0.493 e. The lowest BCUT2D eigenvalue weighted by Crippen LogP contribution is -2.40. The Hall–Kier alpha value is -2.30. The SMILES string of the molecule is CCCOc1ccccc1C(=O)N1CCCC(c2nccn2C(C)C)C1. The van der Waals surface area contributed by atoms with Crippen molar-refractivity contribution in [1.29, 1.82) is 0 Å². The number of likely N-dealkylation sites (tertiary alicyclic amines) is 1. The molecule has 1 aromatic carbocycles. The quantitative estimate of drug-likeness (QED) is 0.777. The van der Waals surface area contributed by atoms with Crippen molar-refractivity contribution < 1.29 is 9.53 Å². The number of aromatic nitrogens is 2. The predicted octanol–water partition coefficient (Wildman–Crippen LogP) is 4.27. The number of piperidine rings is 1. The Kier molecular flexibility index (Phi) is 5.96. The number of benzene rings is 1. The molecule has 26 heavy (non-hydrogen) atoms. The third kappa shape index (κ3) is 3.92. The molecule has 3 rings (SSSR count). The molecule has 5 heteroatoms. The zero-order chi connectivity index (χ0) is 18.5. The number of carbonyl (C=O) groups excluding carboxylic acids is 1. The largest absolute Gasteiger partial charge is 0.493 e. The van der Waals surface area contributed by atoms with Gasteiger partial charge in [-0.3, -0.25) is 4.79 Å². The van der Waals surface area contributed by atoms with E-state index in [4.69, 9.17) is 4.74 Å². The summed E-state index contributed by atoms with van der Waals surface area (Å²) in [7, 11) is 0. The Morgan fingerprint density at radius 1 is 1.35 bits per heavy atom. The molecule has 1 unspecified atom stereocenters. The first-order valence-electron chi connectivity index (χ1n) is 9.65. The predicted molar refractivity (Wildman–Crippen MR) is 103 cm³/mol. The minimum atomic E-state index is 0.0593. The Morgan fingerprint density at radius 2 is 2.15 bits per heavy atom. The number of imidazole rings is 1. The molecule has 0 radical (unpaired) electrons. The van der Waals surface area contributed by atoms with E-state index in [9.17, 15) is 4.79 Å². The minimum absolute atomic E-state index is 0.0593. The molecule has 0 saturated carbocycles. The molecule has 1 aromatic heterocycles. The summed E-state index contributed by atoms with van der Waals surface area (Å²) in [5.74, 6) is 2.12. The van der Waals surface area contributed by atoms with E-state index in [1.807, 2.05) is 41.6 Å². The maximum atomic E-state index is 13.1. The molecule has 0 aliphatic carbocycles. The van der Waals surface area contributed by atoms with E-state index in [-0.39, 0.29) is 11.8 Å². The number of hydrogen-bond donors (Lipinski definition) is 0. The van der Waals surface area contributed by atoms with Gasteiger partial charge < -0.3 is 14.2 Å². The van der Waals surface area contributed by atoms with Gasteiger partial charge in [-0.1, -0.05) is 19.1 Å². The third-order valence-corrected chi connectivity index (χ3v) is 4.91. The molecule has 5 nitrogen and oxygen atoms in total. The van der Waals surface area contributed by atoms with Crippen LogP contribution < -0.4 is 4.74 Å². The molecule has 1 fully saturated rings. The normalized spacial score (nSPS) is 17.5. The zero-order valence-corrected chi connectivity index (χ0v) is 16.0. The van der Waals surface area contributed by atoms with Gasteiger partial charge in [-0.25, -0.2) is 4.98 Å². The molecule has 0 spiro atoms. The van der Waals surface area contributed by atoms with Crippen LogP contribution >= 0.6 is 0 Å². The highest BCUT2D eigenvalue weighted by molar-refractivity contribution is 5.97. The Bertz CT molecular complexity index is 738. The summed E-state index contributed by atoms with van der Waals surface area (Å²) in [5, 5.41) is 0. The maximum Gasteiger partial charge on any atom is 0.257 e. The molecule has 0 bridgehead atoms. The van der Waals surface area contributed by atoms with E-state index in [0.717, 1.165) is 31.6 Å². The van der Waals surface area contributed by atoms with Gasteiger partial charge in [0.15, 0.2) is 0 Å². The highest BCUT2D eigenvalue weighted by atomic mass is 16.5. The van der Waals surface area contributed by atoms with E-state index in [0.29, 0.717) is 30.5 Å². The number of para-hydroxylation sites is 1. The van der Waals surface area contributed by atoms with E-state index < -0.39 is 0 Å². The van der Waals surface area contributed by atoms with Crippen LogP contribution in [0.4, 0.5) is 0 Å². The summed E-state index contributed by atoms with van der Waals surface area (Å²) < 4.78 is 8.00. The van der Waals surface area contributed by atoms with Crippen LogP contribution in [0.1, 0.15) is 68.2 Å². The Labute approximate surface area is 156 Å². The van der Waals surface area contributed by atoms with Crippen LogP contribution in [0, 0.1) is 0 Å². The molecule has 0 N–H and O–H groups in total. The van der Waals surface area contributed by atoms with E-state index in [1.165, 1.54) is 0 Å². The summed E-state index contributed by atoms with van der Waals surface area (Å²) in [6.45, 7) is 8.52. The highest BCUT2D eigenvalue weighted by Gasteiger charge is 2.29. The average molecular weight is 355 g/mol. The number of nitrogens with zero attached hydrogens (tertiary/aromatic N) is 3. The number of carbonyl (C=O) groups is 1. The summed E-state index contributed by atoms with van der Waals surface area (Å²) >= 11 is 0. The van der Waals surface area contributed by atoms with Crippen molar-refractivity contribution >= 4 is 5.91 Å². The van der Waals surface area contributed by atoms with E-state index in [1.54, 1.807) is 0 Å². The number of hydrogen-bond acceptors (Lipinski definition) is 3. The Morgan fingerprint density at radius 3 is 2.92 bits per heavy atom. The number of ether oxygens (including phenoxy) is 1. The van der Waals surface area contributed by atoms with Gasteiger partial charge >= 0.3 is 0 Å². The molecule has 1 amide bonds. The monoisotopic (exact) mass is 355 g/mol. The van der Waals surface area contributed by atoms with Gasteiger partial charge in [0.25, 0.3) is 5.91 Å². The molecule has 1 saturated heterocycles. The van der Waals surface area contributed by atoms with E-state index in [2.05, 4.69) is 30.3 Å². The second-order valence-corrected chi connectivity index (χ2v) is 7.22. The van der Waals surface area contributed by atoms with Gasteiger partial charge in [0.1, 0.15) is 11.6 Å². The second-order valence-electron chi connectivity index (χ2n) is 7.22. The van der Waals surface area contributed by atoms with Crippen LogP contribution in [-0.2, 0) is 0 Å². The summed E-state index contributed by atoms with van der Waals surface area (Å²) in [5.41, 5.74) is 0.661. The van der Waals surface area contributed by atoms with Crippen LogP contribution in [-0.4, -0.2) is 40.1 Å². The molecule has 1 atom stereocenters. The molecule has 2 aromatic rings. The first kappa shape index (κ1) is 18.5. The maximum absolute atomic E-state index is 13.1. The lowest BCUT2D eigenvalue weighted by atomic mass is 9.96. The van der Waals surface area contributed by atoms with Crippen molar-refractivity contribution in [3.05, 3.63) is 48.0 Å². The summed E-state index contributed by atoms with van der Waals surface area (Å²) in [6, 6.07) is 7.95. The fourth-order valence-corrected chi connectivity index (χ4v) is 3.60. The van der Waals surface area contributed by atoms with Crippen molar-refractivity contribution in [3.8, 4) is 5.75 Å². The molecular formula is C21H29N3O2. The van der Waals surface area contributed by atoms with Gasteiger partial charge in [-0.2, -0.15) is 0 Å². The van der Waals surface area contributed by atoms with Crippen LogP contribution in [0.2, 0.25) is 0 Å². The van der Waals surface area contributed by atoms with Crippen LogP contribution in [0.15, 0.2) is 36.7 Å². The smallest absolute Gasteiger partial charge is 0.257 e. The van der Waals surface area contributed by atoms with Crippen molar-refractivity contribution in [3.63, 3.8) is 0 Å². The van der Waals surface area contributed by atoms with Crippen molar-refractivity contribution in [2.45, 2.75) is 52.0 Å². The summed E-state index contributed by atoms with van der Waals surface area (Å²) in [4.78, 5) is 19.7.